The first-order valence-electron chi connectivity index (χ1n) is 12.6. The van der Waals surface area contributed by atoms with Crippen LogP contribution in [0.5, 0.6) is 5.75 Å². The maximum Gasteiger partial charge on any atom is 0.292 e. The maximum atomic E-state index is 12.7. The van der Waals surface area contributed by atoms with Gasteiger partial charge in [0.05, 0.1) is 6.54 Å². The summed E-state index contributed by atoms with van der Waals surface area (Å²) in [6.07, 6.45) is 1.84. The first-order valence-corrected chi connectivity index (χ1v) is 12.6. The number of carbonyl (C=O) groups excluding carboxylic acids is 1. The van der Waals surface area contributed by atoms with Crippen molar-refractivity contribution >= 4 is 11.7 Å². The van der Waals surface area contributed by atoms with E-state index in [2.05, 4.69) is 85.8 Å². The molecule has 192 valence electrons. The number of rotatable bonds is 9. The Labute approximate surface area is 222 Å². The lowest BCUT2D eigenvalue weighted by molar-refractivity contribution is 0.0992. The van der Waals surface area contributed by atoms with Gasteiger partial charge >= 0.3 is 0 Å². The van der Waals surface area contributed by atoms with Crippen LogP contribution >= 0.6 is 0 Å². The van der Waals surface area contributed by atoms with Gasteiger partial charge in [-0.1, -0.05) is 86.1 Å². The molecule has 0 unspecified atom stereocenters. The fourth-order valence-corrected chi connectivity index (χ4v) is 4.41. The van der Waals surface area contributed by atoms with Crippen LogP contribution in [-0.4, -0.2) is 15.7 Å². The minimum atomic E-state index is -0.357. The predicted octanol–water partition coefficient (Wildman–Crippen LogP) is 6.99. The fourth-order valence-electron chi connectivity index (χ4n) is 4.41. The van der Waals surface area contributed by atoms with Crippen molar-refractivity contribution in [1.82, 2.24) is 9.78 Å². The summed E-state index contributed by atoms with van der Waals surface area (Å²) < 4.78 is 13.4. The first-order chi connectivity index (χ1) is 18.4. The fraction of sp³-hybridized carbons (Fsp3) is 0.188. The number of carbonyl (C=O) groups is 1. The highest BCUT2D eigenvalue weighted by Crippen LogP contribution is 2.32. The van der Waals surface area contributed by atoms with Crippen molar-refractivity contribution in [3.05, 3.63) is 137 Å². The van der Waals surface area contributed by atoms with Crippen LogP contribution in [0.15, 0.2) is 108 Å². The summed E-state index contributed by atoms with van der Waals surface area (Å²) in [5, 5.41) is 7.24. The van der Waals surface area contributed by atoms with Gasteiger partial charge in [0, 0.05) is 17.7 Å². The van der Waals surface area contributed by atoms with Crippen LogP contribution < -0.4 is 10.1 Å². The summed E-state index contributed by atoms with van der Waals surface area (Å²) in [6.45, 7) is 7.33. The van der Waals surface area contributed by atoms with Crippen LogP contribution in [0.1, 0.15) is 52.4 Å². The molecule has 0 saturated carbocycles. The molecule has 0 aliphatic heterocycles. The second kappa shape index (κ2) is 10.8. The molecule has 6 heteroatoms. The van der Waals surface area contributed by atoms with E-state index in [-0.39, 0.29) is 23.7 Å². The highest BCUT2D eigenvalue weighted by atomic mass is 16.5. The number of nitrogens with zero attached hydrogens (tertiary/aromatic N) is 2. The first kappa shape index (κ1) is 25.1. The second-order valence-corrected chi connectivity index (χ2v) is 9.91. The number of nitrogens with one attached hydrogen (secondary N) is 1. The zero-order valence-electron chi connectivity index (χ0n) is 21.8. The molecule has 0 aliphatic rings. The third-order valence-electron chi connectivity index (χ3n) is 6.65. The summed E-state index contributed by atoms with van der Waals surface area (Å²) in [5.41, 5.74) is 4.70. The predicted molar refractivity (Wildman–Crippen MR) is 149 cm³/mol. The Morgan fingerprint density at radius 1 is 0.921 bits per heavy atom. The highest BCUT2D eigenvalue weighted by Gasteiger charge is 2.22. The van der Waals surface area contributed by atoms with E-state index in [0.717, 1.165) is 11.3 Å². The van der Waals surface area contributed by atoms with Crippen molar-refractivity contribution in [3.63, 3.8) is 0 Å². The summed E-state index contributed by atoms with van der Waals surface area (Å²) >= 11 is 0. The quantitative estimate of drug-likeness (QED) is 0.234. The third-order valence-corrected chi connectivity index (χ3v) is 6.65. The molecule has 0 aliphatic carbocycles. The Morgan fingerprint density at radius 3 is 2.45 bits per heavy atom. The average molecular weight is 506 g/mol. The molecule has 1 N–H and O–H groups in total. The summed E-state index contributed by atoms with van der Waals surface area (Å²) in [7, 11) is 0. The number of benzene rings is 3. The molecule has 0 bridgehead atoms. The van der Waals surface area contributed by atoms with E-state index < -0.39 is 0 Å². The van der Waals surface area contributed by atoms with Crippen molar-refractivity contribution < 1.29 is 13.9 Å². The van der Waals surface area contributed by atoms with Gasteiger partial charge < -0.3 is 14.5 Å². The number of hydrogen-bond donors (Lipinski definition) is 1. The number of aromatic nitrogens is 2. The van der Waals surface area contributed by atoms with E-state index in [0.29, 0.717) is 18.1 Å². The zero-order chi connectivity index (χ0) is 26.5. The molecule has 5 aromatic rings. The molecule has 0 saturated heterocycles. The van der Waals surface area contributed by atoms with Gasteiger partial charge in [-0.25, -0.2) is 0 Å². The summed E-state index contributed by atoms with van der Waals surface area (Å²) in [5.74, 6) is 1.62. The number of amides is 1. The lowest BCUT2D eigenvalue weighted by atomic mass is 9.78. The van der Waals surface area contributed by atoms with Gasteiger partial charge in [0.25, 0.3) is 5.91 Å². The van der Waals surface area contributed by atoms with E-state index in [1.165, 1.54) is 16.7 Å². The van der Waals surface area contributed by atoms with Crippen LogP contribution in [0.25, 0.3) is 0 Å². The van der Waals surface area contributed by atoms with Crippen molar-refractivity contribution in [1.29, 1.82) is 0 Å². The maximum absolute atomic E-state index is 12.7. The number of aryl methyl sites for hydroxylation is 1. The molecule has 6 nitrogen and oxygen atoms in total. The Balaban J connectivity index is 1.15. The lowest BCUT2D eigenvalue weighted by Crippen LogP contribution is -2.18. The molecule has 1 amide bonds. The number of anilines is 1. The molecule has 5 rings (SSSR count). The Bertz CT molecular complexity index is 1520. The Morgan fingerprint density at radius 2 is 1.68 bits per heavy atom. The highest BCUT2D eigenvalue weighted by molar-refractivity contribution is 6.01. The van der Waals surface area contributed by atoms with Crippen molar-refractivity contribution in [2.45, 2.75) is 39.3 Å². The van der Waals surface area contributed by atoms with Gasteiger partial charge in [0.15, 0.2) is 11.6 Å². The van der Waals surface area contributed by atoms with Crippen LogP contribution in [-0.2, 0) is 18.6 Å². The van der Waals surface area contributed by atoms with Gasteiger partial charge in [-0.05, 0) is 47.9 Å². The van der Waals surface area contributed by atoms with E-state index in [1.807, 2.05) is 30.5 Å². The second-order valence-electron chi connectivity index (χ2n) is 9.91. The smallest absolute Gasteiger partial charge is 0.292 e. The monoisotopic (exact) mass is 505 g/mol. The summed E-state index contributed by atoms with van der Waals surface area (Å²) in [6, 6.07) is 31.9. The number of hydrogen-bond acceptors (Lipinski definition) is 4. The molecule has 0 spiro atoms. The van der Waals surface area contributed by atoms with Crippen LogP contribution in [0, 0.1) is 6.92 Å². The van der Waals surface area contributed by atoms with Gasteiger partial charge in [0.1, 0.15) is 18.1 Å². The van der Waals surface area contributed by atoms with Gasteiger partial charge in [-0.2, -0.15) is 5.10 Å². The van der Waals surface area contributed by atoms with Gasteiger partial charge in [-0.3, -0.25) is 9.48 Å². The van der Waals surface area contributed by atoms with Crippen molar-refractivity contribution in [2.75, 3.05) is 5.32 Å². The normalized spacial score (nSPS) is 11.3. The molecule has 2 heterocycles. The topological polar surface area (TPSA) is 69.3 Å². The SMILES string of the molecule is Cc1cccc(Cn2ccc(NC(=O)c3ccc(COc4ccc(C(C)(C)c5ccccc5)cc4)o3)n2)c1. The van der Waals surface area contributed by atoms with E-state index in [4.69, 9.17) is 9.15 Å². The van der Waals surface area contributed by atoms with Gasteiger partial charge in [0.2, 0.25) is 0 Å². The van der Waals surface area contributed by atoms with E-state index in [1.54, 1.807) is 22.9 Å². The average Bonchev–Trinajstić information content (AvgIpc) is 3.58. The number of ether oxygens (including phenoxy) is 1. The largest absolute Gasteiger partial charge is 0.486 e. The standard InChI is InChI=1S/C32H31N3O3/c1-23-8-7-9-24(20-23)21-35-19-18-30(34-35)33-31(36)29-17-16-28(38-29)22-37-27-14-12-26(13-15-27)32(2,3)25-10-5-4-6-11-25/h4-20H,21-22H2,1-3H3,(H,33,34,36). The lowest BCUT2D eigenvalue weighted by Gasteiger charge is -2.26. The molecule has 0 fully saturated rings. The molecular formula is C32H31N3O3. The minimum absolute atomic E-state index is 0.112. The molecular weight excluding hydrogens is 474 g/mol. The molecule has 2 aromatic heterocycles. The van der Waals surface area contributed by atoms with Crippen LogP contribution in [0.2, 0.25) is 0 Å². The van der Waals surface area contributed by atoms with Crippen LogP contribution in [0.4, 0.5) is 5.82 Å². The third kappa shape index (κ3) is 5.86. The molecule has 0 radical (unpaired) electrons. The van der Waals surface area contributed by atoms with E-state index >= 15 is 0 Å². The van der Waals surface area contributed by atoms with Crippen molar-refractivity contribution in [2.24, 2.45) is 0 Å². The minimum Gasteiger partial charge on any atom is -0.486 e. The Kier molecular flexibility index (Phi) is 7.13. The molecule has 38 heavy (non-hydrogen) atoms. The number of furan rings is 1. The van der Waals surface area contributed by atoms with Crippen LogP contribution in [0.3, 0.4) is 0 Å². The van der Waals surface area contributed by atoms with Gasteiger partial charge in [-0.15, -0.1) is 0 Å². The molecule has 0 atom stereocenters. The zero-order valence-corrected chi connectivity index (χ0v) is 21.8. The van der Waals surface area contributed by atoms with E-state index in [9.17, 15) is 4.79 Å². The summed E-state index contributed by atoms with van der Waals surface area (Å²) in [4.78, 5) is 12.7. The molecule has 3 aromatic carbocycles. The Hall–Kier alpha value is -4.58. The van der Waals surface area contributed by atoms with Crippen molar-refractivity contribution in [3.8, 4) is 5.75 Å².